The molecule has 1 aliphatic rings. The number of fused-ring (bicyclic) bond motifs is 3. The van der Waals surface area contributed by atoms with Gasteiger partial charge in [-0.15, -0.1) is 13.2 Å². The number of nitrogens with zero attached hydrogens (tertiary/aromatic N) is 3. The molecule has 0 aliphatic carbocycles. The lowest BCUT2D eigenvalue weighted by Gasteiger charge is -2.28. The molecule has 4 rings (SSSR count). The van der Waals surface area contributed by atoms with E-state index in [0.29, 0.717) is 13.6 Å². The maximum atomic E-state index is 13.2. The Balaban J connectivity index is 0.000000947. The van der Waals surface area contributed by atoms with E-state index < -0.39 is 6.43 Å². The smallest absolute Gasteiger partial charge is 0.305 e. The Labute approximate surface area is 232 Å². The minimum Gasteiger partial charge on any atom is -0.469 e. The van der Waals surface area contributed by atoms with Crippen LogP contribution in [0.3, 0.4) is 0 Å². The Morgan fingerprint density at radius 3 is 2.28 bits per heavy atom. The first-order valence-corrected chi connectivity index (χ1v) is 13.4. The van der Waals surface area contributed by atoms with E-state index in [1.807, 2.05) is 18.3 Å². The van der Waals surface area contributed by atoms with Crippen LogP contribution in [-0.2, 0) is 35.5 Å². The Bertz CT molecular complexity index is 1070. The molecule has 39 heavy (non-hydrogen) atoms. The Morgan fingerprint density at radius 1 is 1.13 bits per heavy atom. The van der Waals surface area contributed by atoms with Crippen LogP contribution in [0.5, 0.6) is 0 Å². The van der Waals surface area contributed by atoms with E-state index in [0.717, 1.165) is 49.9 Å². The average molecular weight is 550 g/mol. The van der Waals surface area contributed by atoms with Crippen LogP contribution in [0.4, 0.5) is 13.2 Å². The van der Waals surface area contributed by atoms with E-state index in [9.17, 15) is 18.0 Å². The summed E-state index contributed by atoms with van der Waals surface area (Å²) in [4.78, 5) is 16.6. The number of aryl methyl sites for hydroxylation is 1. The summed E-state index contributed by atoms with van der Waals surface area (Å²) in [5.74, 6) is -0.157. The first-order chi connectivity index (χ1) is 18.9. The van der Waals surface area contributed by atoms with Gasteiger partial charge in [0.25, 0.3) is 6.43 Å². The number of hydrogen-bond acceptors (Lipinski definition) is 4. The van der Waals surface area contributed by atoms with E-state index in [1.165, 1.54) is 30.4 Å². The van der Waals surface area contributed by atoms with Gasteiger partial charge in [0.2, 0.25) is 0 Å². The molecule has 0 fully saturated rings. The molecule has 2 aromatic heterocycles. The number of pyridine rings is 1. The number of ether oxygens (including phenoxy) is 1. The summed E-state index contributed by atoms with van der Waals surface area (Å²) < 4.78 is 42.4. The lowest BCUT2D eigenvalue weighted by atomic mass is 10.0. The van der Waals surface area contributed by atoms with Crippen LogP contribution in [-0.4, -0.2) is 47.8 Å². The quantitative estimate of drug-likeness (QED) is 0.231. The molecule has 1 aliphatic heterocycles. The van der Waals surface area contributed by atoms with E-state index in [1.54, 1.807) is 25.3 Å². The van der Waals surface area contributed by atoms with Gasteiger partial charge in [0.05, 0.1) is 14.3 Å². The van der Waals surface area contributed by atoms with Crippen molar-refractivity contribution < 1.29 is 22.7 Å². The molecule has 0 atom stereocenters. The molecule has 3 aromatic rings. The van der Waals surface area contributed by atoms with Crippen LogP contribution < -0.4 is 0 Å². The third kappa shape index (κ3) is 11.2. The molecule has 0 N–H and O–H groups in total. The largest absolute Gasteiger partial charge is 0.469 e. The first kappa shape index (κ1) is 35.9. The Morgan fingerprint density at radius 2 is 1.79 bits per heavy atom. The normalized spacial score (nSPS) is 11.8. The highest BCUT2D eigenvalue weighted by molar-refractivity contribution is 5.86. The summed E-state index contributed by atoms with van der Waals surface area (Å²) in [6.07, 6.45) is 4.92. The number of halogens is 3. The highest BCUT2D eigenvalue weighted by atomic mass is 19.3. The maximum absolute atomic E-state index is 13.2. The number of esters is 1. The van der Waals surface area contributed by atoms with Crippen LogP contribution in [0.1, 0.15) is 69.3 Å². The van der Waals surface area contributed by atoms with Gasteiger partial charge in [0.15, 0.2) is 0 Å². The Hall–Kier alpha value is -3.13. The van der Waals surface area contributed by atoms with E-state index in [4.69, 9.17) is 0 Å². The molecule has 0 bridgehead atoms. The highest BCUT2D eigenvalue weighted by Crippen LogP contribution is 2.33. The SMILES string of the molecule is C=C.CCC.CCC(=O)OC.CCn1c2c(c3cc(C(F)F)ccc31)CN(CCc1cccnc1)CC2.CF. The third-order valence-electron chi connectivity index (χ3n) is 5.88. The van der Waals surface area contributed by atoms with Crippen molar-refractivity contribution in [1.29, 1.82) is 0 Å². The van der Waals surface area contributed by atoms with Crippen LogP contribution in [0.2, 0.25) is 0 Å². The van der Waals surface area contributed by atoms with E-state index >= 15 is 0 Å². The van der Waals surface area contributed by atoms with Crippen molar-refractivity contribution in [3.63, 3.8) is 0 Å². The first-order valence-electron chi connectivity index (χ1n) is 13.4. The molecule has 8 heteroatoms. The summed E-state index contributed by atoms with van der Waals surface area (Å²) in [6.45, 7) is 17.8. The summed E-state index contributed by atoms with van der Waals surface area (Å²) >= 11 is 0. The summed E-state index contributed by atoms with van der Waals surface area (Å²) in [7, 11) is 1.88. The van der Waals surface area contributed by atoms with E-state index in [-0.39, 0.29) is 11.5 Å². The number of benzene rings is 1. The number of carbonyl (C=O) groups is 1. The van der Waals surface area contributed by atoms with Gasteiger partial charge < -0.3 is 9.30 Å². The standard InChI is InChI=1S/C21H23F2N3.C4H8O2.C3H8.C2H4.CH3F/c1-2-26-19-6-5-16(21(22)23)12-17(19)18-14-25(11-8-20(18)26)10-7-15-4-3-9-24-13-15;1-3-4(5)6-2;1-3-2;2*1-2/h3-6,9,12-13,21H,2,7-8,10-11,14H2,1H3;3H2,1-2H3;3H2,1-2H3;1-2H2;1H3. The van der Waals surface area contributed by atoms with Crippen molar-refractivity contribution in [2.24, 2.45) is 0 Å². The lowest BCUT2D eigenvalue weighted by Crippen LogP contribution is -2.32. The number of hydrogen-bond donors (Lipinski definition) is 0. The number of alkyl halides is 3. The fourth-order valence-electron chi connectivity index (χ4n) is 4.19. The molecular formula is C31H46F3N3O2. The van der Waals surface area contributed by atoms with Crippen LogP contribution in [0.15, 0.2) is 55.9 Å². The van der Waals surface area contributed by atoms with Crippen molar-refractivity contribution in [2.75, 3.05) is 27.4 Å². The van der Waals surface area contributed by atoms with Gasteiger partial charge in [-0.25, -0.2) is 8.78 Å². The number of aromatic nitrogens is 2. The van der Waals surface area contributed by atoms with Crippen molar-refractivity contribution >= 4 is 16.9 Å². The lowest BCUT2D eigenvalue weighted by molar-refractivity contribution is -0.140. The molecule has 0 saturated heterocycles. The van der Waals surface area contributed by atoms with Gasteiger partial charge in [-0.1, -0.05) is 39.3 Å². The topological polar surface area (TPSA) is 47.4 Å². The zero-order valence-electron chi connectivity index (χ0n) is 24.5. The predicted octanol–water partition coefficient (Wildman–Crippen LogP) is 7.97. The number of rotatable bonds is 6. The van der Waals surface area contributed by atoms with Crippen LogP contribution >= 0.6 is 0 Å². The third-order valence-corrected chi connectivity index (χ3v) is 5.88. The van der Waals surface area contributed by atoms with Gasteiger partial charge in [0, 0.05) is 73.6 Å². The predicted molar refractivity (Wildman–Crippen MR) is 156 cm³/mol. The molecule has 0 unspecified atom stereocenters. The van der Waals surface area contributed by atoms with Crippen molar-refractivity contribution in [2.45, 2.75) is 72.9 Å². The molecule has 218 valence electrons. The second-order valence-corrected chi connectivity index (χ2v) is 8.52. The van der Waals surface area contributed by atoms with Crippen molar-refractivity contribution in [3.8, 4) is 0 Å². The Kier molecular flexibility index (Phi) is 19.1. The monoisotopic (exact) mass is 549 g/mol. The second kappa shape index (κ2) is 20.8. The van der Waals surface area contributed by atoms with E-state index in [2.05, 4.69) is 59.2 Å². The maximum Gasteiger partial charge on any atom is 0.305 e. The van der Waals surface area contributed by atoms with Crippen LogP contribution in [0, 0.1) is 0 Å². The summed E-state index contributed by atoms with van der Waals surface area (Å²) in [6, 6.07) is 9.17. The minimum absolute atomic E-state index is 0.112. The highest BCUT2D eigenvalue weighted by Gasteiger charge is 2.24. The van der Waals surface area contributed by atoms with Gasteiger partial charge in [-0.3, -0.25) is 19.1 Å². The van der Waals surface area contributed by atoms with Crippen molar-refractivity contribution in [1.82, 2.24) is 14.5 Å². The van der Waals surface area contributed by atoms with Gasteiger partial charge in [-0.2, -0.15) is 0 Å². The summed E-state index contributed by atoms with van der Waals surface area (Å²) in [5.41, 5.74) is 4.96. The molecule has 0 radical (unpaired) electrons. The zero-order chi connectivity index (χ0) is 29.8. The number of methoxy groups -OCH3 is 1. The van der Waals surface area contributed by atoms with Gasteiger partial charge >= 0.3 is 5.97 Å². The van der Waals surface area contributed by atoms with Crippen LogP contribution in [0.25, 0.3) is 10.9 Å². The van der Waals surface area contributed by atoms with Gasteiger partial charge in [-0.05, 0) is 42.7 Å². The molecule has 0 spiro atoms. The molecule has 0 saturated carbocycles. The fourth-order valence-corrected chi connectivity index (χ4v) is 4.19. The van der Waals surface area contributed by atoms with Gasteiger partial charge in [0.1, 0.15) is 0 Å². The molecular weight excluding hydrogens is 503 g/mol. The average Bonchev–Trinajstić information content (AvgIpc) is 3.31. The minimum atomic E-state index is -2.43. The fraction of sp³-hybridized carbons (Fsp3) is 0.484. The number of carbonyl (C=O) groups excluding carboxylic acids is 1. The second-order valence-electron chi connectivity index (χ2n) is 8.52. The molecule has 0 amide bonds. The molecule has 5 nitrogen and oxygen atoms in total. The summed E-state index contributed by atoms with van der Waals surface area (Å²) in [5, 5.41) is 0.991. The van der Waals surface area contributed by atoms with Crippen molar-refractivity contribution in [3.05, 3.63) is 78.3 Å². The molecule has 3 heterocycles. The zero-order valence-corrected chi connectivity index (χ0v) is 24.5. The molecule has 1 aromatic carbocycles.